The number of hydrogen-bond acceptors (Lipinski definition) is 3. The molecule has 18 heavy (non-hydrogen) atoms. The smallest absolute Gasteiger partial charge is 0.191 e. The predicted molar refractivity (Wildman–Crippen MR) is 75.5 cm³/mol. The van der Waals surface area contributed by atoms with Gasteiger partial charge in [-0.05, 0) is 40.0 Å². The molecule has 5 nitrogen and oxygen atoms in total. The van der Waals surface area contributed by atoms with E-state index in [0.29, 0.717) is 5.96 Å². The standard InChI is InChI=1S/C12H25N3O2S/c1-12(2,3)18(16,17)10-7-14-11(13)15-8-5-4-6-9-15/h4-10H2,1-3H3,(H2,13,14). The zero-order valence-electron chi connectivity index (χ0n) is 11.6. The number of likely N-dealkylation sites (tertiary alicyclic amines) is 1. The van der Waals surface area contributed by atoms with Crippen molar-refractivity contribution in [3.8, 4) is 0 Å². The molecule has 0 atom stereocenters. The summed E-state index contributed by atoms with van der Waals surface area (Å²) in [6.45, 7) is 7.24. The molecule has 2 N–H and O–H groups in total. The molecule has 0 radical (unpaired) electrons. The summed E-state index contributed by atoms with van der Waals surface area (Å²) in [7, 11) is -3.11. The highest BCUT2D eigenvalue weighted by Crippen LogP contribution is 2.15. The molecule has 0 saturated carbocycles. The van der Waals surface area contributed by atoms with Crippen molar-refractivity contribution >= 4 is 15.8 Å². The Kier molecular flexibility index (Phi) is 5.01. The first kappa shape index (κ1) is 15.3. The van der Waals surface area contributed by atoms with Gasteiger partial charge in [-0.25, -0.2) is 8.42 Å². The summed E-state index contributed by atoms with van der Waals surface area (Å²) in [5, 5.41) is 0. The highest BCUT2D eigenvalue weighted by atomic mass is 32.2. The van der Waals surface area contributed by atoms with Gasteiger partial charge >= 0.3 is 0 Å². The molecule has 1 fully saturated rings. The van der Waals surface area contributed by atoms with E-state index in [9.17, 15) is 8.42 Å². The van der Waals surface area contributed by atoms with Crippen molar-refractivity contribution in [2.45, 2.75) is 44.8 Å². The summed E-state index contributed by atoms with van der Waals surface area (Å²) in [6.07, 6.45) is 3.51. The van der Waals surface area contributed by atoms with E-state index < -0.39 is 14.6 Å². The summed E-state index contributed by atoms with van der Waals surface area (Å²) < 4.78 is 23.1. The monoisotopic (exact) mass is 275 g/mol. The van der Waals surface area contributed by atoms with E-state index in [1.807, 2.05) is 4.90 Å². The molecule has 1 aliphatic rings. The number of nitrogens with zero attached hydrogens (tertiary/aromatic N) is 2. The second kappa shape index (κ2) is 5.91. The Balaban J connectivity index is 2.49. The molecule has 0 spiro atoms. The fourth-order valence-electron chi connectivity index (χ4n) is 1.81. The highest BCUT2D eigenvalue weighted by molar-refractivity contribution is 7.92. The molecule has 0 aromatic carbocycles. The molecule has 0 bridgehead atoms. The van der Waals surface area contributed by atoms with E-state index in [1.54, 1.807) is 20.8 Å². The molecule has 6 heteroatoms. The maximum atomic E-state index is 11.9. The number of piperidine rings is 1. The average Bonchev–Trinajstić information content (AvgIpc) is 2.28. The molecule has 106 valence electrons. The zero-order chi connectivity index (χ0) is 13.8. The van der Waals surface area contributed by atoms with Crippen LogP contribution in [0, 0.1) is 0 Å². The average molecular weight is 275 g/mol. The van der Waals surface area contributed by atoms with Crippen LogP contribution in [0.1, 0.15) is 40.0 Å². The second-order valence-electron chi connectivity index (χ2n) is 5.72. The lowest BCUT2D eigenvalue weighted by atomic mass is 10.1. The quantitative estimate of drug-likeness (QED) is 0.616. The van der Waals surface area contributed by atoms with Crippen molar-refractivity contribution in [1.29, 1.82) is 0 Å². The number of sulfone groups is 1. The summed E-state index contributed by atoms with van der Waals surface area (Å²) in [5.74, 6) is 0.546. The van der Waals surface area contributed by atoms with E-state index in [-0.39, 0.29) is 12.3 Å². The van der Waals surface area contributed by atoms with Crippen molar-refractivity contribution < 1.29 is 8.42 Å². The third kappa shape index (κ3) is 4.15. The van der Waals surface area contributed by atoms with E-state index in [1.165, 1.54) is 6.42 Å². The number of nitrogens with two attached hydrogens (primary N) is 1. The van der Waals surface area contributed by atoms with Crippen LogP contribution in [0.2, 0.25) is 0 Å². The van der Waals surface area contributed by atoms with E-state index in [0.717, 1.165) is 25.9 Å². The first-order valence-electron chi connectivity index (χ1n) is 6.51. The minimum Gasteiger partial charge on any atom is -0.370 e. The van der Waals surface area contributed by atoms with Crippen LogP contribution in [0.25, 0.3) is 0 Å². The molecular formula is C12H25N3O2S. The van der Waals surface area contributed by atoms with Gasteiger partial charge < -0.3 is 10.6 Å². The Morgan fingerprint density at radius 2 is 1.78 bits per heavy atom. The van der Waals surface area contributed by atoms with Gasteiger partial charge in [0.25, 0.3) is 0 Å². The molecule has 0 aliphatic carbocycles. The normalized spacial score (nSPS) is 19.1. The molecule has 0 aromatic heterocycles. The summed E-state index contributed by atoms with van der Waals surface area (Å²) in [6, 6.07) is 0. The van der Waals surface area contributed by atoms with Gasteiger partial charge in [0.2, 0.25) is 0 Å². The molecular weight excluding hydrogens is 250 g/mol. The highest BCUT2D eigenvalue weighted by Gasteiger charge is 2.28. The van der Waals surface area contributed by atoms with Gasteiger partial charge in [0, 0.05) is 13.1 Å². The number of guanidine groups is 1. The minimum atomic E-state index is -3.11. The largest absolute Gasteiger partial charge is 0.370 e. The van der Waals surface area contributed by atoms with Crippen molar-refractivity contribution in [2.24, 2.45) is 10.7 Å². The predicted octanol–water partition coefficient (Wildman–Crippen LogP) is 1.00. The molecule has 0 aromatic rings. The Morgan fingerprint density at radius 3 is 2.28 bits per heavy atom. The van der Waals surface area contributed by atoms with E-state index in [2.05, 4.69) is 4.99 Å². The molecule has 1 aliphatic heterocycles. The van der Waals surface area contributed by atoms with Crippen molar-refractivity contribution in [3.05, 3.63) is 0 Å². The van der Waals surface area contributed by atoms with Crippen LogP contribution in [-0.2, 0) is 9.84 Å². The maximum Gasteiger partial charge on any atom is 0.191 e. The number of hydrogen-bond donors (Lipinski definition) is 1. The molecule has 1 rings (SSSR count). The van der Waals surface area contributed by atoms with Crippen molar-refractivity contribution in [3.63, 3.8) is 0 Å². The van der Waals surface area contributed by atoms with Crippen LogP contribution in [0.15, 0.2) is 4.99 Å². The lowest BCUT2D eigenvalue weighted by Crippen LogP contribution is -2.41. The first-order valence-corrected chi connectivity index (χ1v) is 8.16. The summed E-state index contributed by atoms with van der Waals surface area (Å²) in [5.41, 5.74) is 5.87. The SMILES string of the molecule is CC(C)(C)S(=O)(=O)CCN=C(N)N1CCCCC1. The Labute approximate surface area is 110 Å². The van der Waals surface area contributed by atoms with Crippen LogP contribution in [0.5, 0.6) is 0 Å². The zero-order valence-corrected chi connectivity index (χ0v) is 12.5. The van der Waals surface area contributed by atoms with Crippen LogP contribution in [0.3, 0.4) is 0 Å². The third-order valence-corrected chi connectivity index (χ3v) is 5.83. The van der Waals surface area contributed by atoms with Gasteiger partial charge in [0.1, 0.15) is 0 Å². The lowest BCUT2D eigenvalue weighted by molar-refractivity contribution is 0.338. The van der Waals surface area contributed by atoms with Gasteiger partial charge in [-0.2, -0.15) is 0 Å². The van der Waals surface area contributed by atoms with Crippen LogP contribution < -0.4 is 5.73 Å². The maximum absolute atomic E-state index is 11.9. The Hall–Kier alpha value is -0.780. The number of rotatable bonds is 3. The van der Waals surface area contributed by atoms with E-state index in [4.69, 9.17) is 5.73 Å². The molecule has 1 saturated heterocycles. The first-order chi connectivity index (χ1) is 8.24. The summed E-state index contributed by atoms with van der Waals surface area (Å²) in [4.78, 5) is 6.22. The minimum absolute atomic E-state index is 0.0606. The summed E-state index contributed by atoms with van der Waals surface area (Å²) >= 11 is 0. The van der Waals surface area contributed by atoms with Crippen molar-refractivity contribution in [2.75, 3.05) is 25.4 Å². The van der Waals surface area contributed by atoms with Gasteiger partial charge in [-0.15, -0.1) is 0 Å². The lowest BCUT2D eigenvalue weighted by Gasteiger charge is -2.27. The molecule has 0 amide bonds. The second-order valence-corrected chi connectivity index (χ2v) is 8.58. The third-order valence-electron chi connectivity index (χ3n) is 3.25. The molecule has 0 unspecified atom stereocenters. The number of aliphatic imine (C=N–C) groups is 1. The van der Waals surface area contributed by atoms with Crippen molar-refractivity contribution in [1.82, 2.24) is 4.90 Å². The van der Waals surface area contributed by atoms with Crippen LogP contribution in [-0.4, -0.2) is 49.4 Å². The van der Waals surface area contributed by atoms with Gasteiger partial charge in [-0.3, -0.25) is 4.99 Å². The fraction of sp³-hybridized carbons (Fsp3) is 0.917. The Morgan fingerprint density at radius 1 is 1.22 bits per heavy atom. The van der Waals surface area contributed by atoms with Gasteiger partial charge in [0.05, 0.1) is 17.0 Å². The van der Waals surface area contributed by atoms with Crippen LogP contribution >= 0.6 is 0 Å². The van der Waals surface area contributed by atoms with Crippen LogP contribution in [0.4, 0.5) is 0 Å². The fourth-order valence-corrected chi connectivity index (χ4v) is 2.75. The van der Waals surface area contributed by atoms with E-state index >= 15 is 0 Å². The topological polar surface area (TPSA) is 75.8 Å². The Bertz CT molecular complexity index is 390. The van der Waals surface area contributed by atoms with Gasteiger partial charge in [0.15, 0.2) is 15.8 Å². The van der Waals surface area contributed by atoms with Gasteiger partial charge in [-0.1, -0.05) is 0 Å². The molecule has 1 heterocycles.